The number of carbonyl (C=O) groups excluding carboxylic acids is 1. The summed E-state index contributed by atoms with van der Waals surface area (Å²) in [5, 5.41) is 8.37. The molecule has 0 radical (unpaired) electrons. The van der Waals surface area contributed by atoms with Gasteiger partial charge in [-0.3, -0.25) is 10.0 Å². The lowest BCUT2D eigenvalue weighted by Crippen LogP contribution is -2.17. The van der Waals surface area contributed by atoms with E-state index in [1.54, 1.807) is 12.6 Å². The molecule has 0 aromatic heterocycles. The van der Waals surface area contributed by atoms with Gasteiger partial charge in [-0.05, 0) is 37.0 Å². The molecular formula is C19H31NO3. The molecule has 0 heterocycles. The van der Waals surface area contributed by atoms with Gasteiger partial charge in [0, 0.05) is 6.42 Å². The maximum absolute atomic E-state index is 10.8. The van der Waals surface area contributed by atoms with Gasteiger partial charge in [0.1, 0.15) is 5.75 Å². The van der Waals surface area contributed by atoms with E-state index in [2.05, 4.69) is 18.2 Å². The molecular weight excluding hydrogens is 290 g/mol. The summed E-state index contributed by atoms with van der Waals surface area (Å²) < 4.78 is 5.24. The van der Waals surface area contributed by atoms with Gasteiger partial charge in [0.15, 0.2) is 0 Å². The highest BCUT2D eigenvalue weighted by molar-refractivity contribution is 5.74. The van der Waals surface area contributed by atoms with Gasteiger partial charge in [-0.2, -0.15) is 0 Å². The molecule has 0 spiro atoms. The smallest absolute Gasteiger partial charge is 0.243 e. The second-order valence-corrected chi connectivity index (χ2v) is 6.07. The minimum atomic E-state index is -0.277. The lowest BCUT2D eigenvalue weighted by Gasteiger charge is -2.05. The van der Waals surface area contributed by atoms with E-state index >= 15 is 0 Å². The number of aryl methyl sites for hydroxylation is 1. The van der Waals surface area contributed by atoms with E-state index in [1.165, 1.54) is 50.5 Å². The predicted octanol–water partition coefficient (Wildman–Crippen LogP) is 4.64. The second-order valence-electron chi connectivity index (χ2n) is 6.07. The molecule has 0 saturated heterocycles. The number of amides is 1. The number of unbranched alkanes of at least 4 members (excludes halogenated alkanes) is 8. The minimum absolute atomic E-state index is 0.277. The summed E-state index contributed by atoms with van der Waals surface area (Å²) in [6.07, 6.45) is 12.3. The van der Waals surface area contributed by atoms with E-state index in [-0.39, 0.29) is 5.91 Å². The van der Waals surface area contributed by atoms with Crippen LogP contribution in [0.15, 0.2) is 24.3 Å². The van der Waals surface area contributed by atoms with Gasteiger partial charge in [0.25, 0.3) is 0 Å². The van der Waals surface area contributed by atoms with E-state index in [9.17, 15) is 4.79 Å². The van der Waals surface area contributed by atoms with E-state index in [0.717, 1.165) is 25.0 Å². The summed E-state index contributed by atoms with van der Waals surface area (Å²) in [6, 6.07) is 8.33. The largest absolute Gasteiger partial charge is 0.497 e. The number of hydrogen-bond donors (Lipinski definition) is 2. The number of benzene rings is 1. The van der Waals surface area contributed by atoms with Crippen molar-refractivity contribution < 1.29 is 14.7 Å². The normalized spacial score (nSPS) is 10.5. The number of nitrogens with one attached hydrogen (secondary N) is 1. The molecule has 4 nitrogen and oxygen atoms in total. The van der Waals surface area contributed by atoms with Crippen molar-refractivity contribution in [2.24, 2.45) is 0 Å². The van der Waals surface area contributed by atoms with Crippen molar-refractivity contribution in [2.45, 2.75) is 70.6 Å². The predicted molar refractivity (Wildman–Crippen MR) is 92.8 cm³/mol. The Kier molecular flexibility index (Phi) is 11.0. The lowest BCUT2D eigenvalue weighted by atomic mass is 10.0. The van der Waals surface area contributed by atoms with Gasteiger partial charge < -0.3 is 4.74 Å². The number of ether oxygens (including phenoxy) is 1. The third-order valence-corrected chi connectivity index (χ3v) is 4.13. The minimum Gasteiger partial charge on any atom is -0.497 e. The average Bonchev–Trinajstić information content (AvgIpc) is 2.59. The Morgan fingerprint density at radius 1 is 1.00 bits per heavy atom. The van der Waals surface area contributed by atoms with Crippen LogP contribution in [0.3, 0.4) is 0 Å². The van der Waals surface area contributed by atoms with Gasteiger partial charge in [-0.1, -0.05) is 57.1 Å². The maximum Gasteiger partial charge on any atom is 0.243 e. The molecule has 0 unspecified atom stereocenters. The zero-order valence-corrected chi connectivity index (χ0v) is 14.4. The number of methoxy groups -OCH3 is 1. The molecule has 4 heteroatoms. The molecule has 0 aliphatic rings. The Balaban J connectivity index is 1.89. The third kappa shape index (κ3) is 9.95. The molecule has 0 fully saturated rings. The van der Waals surface area contributed by atoms with Crippen LogP contribution < -0.4 is 10.2 Å². The van der Waals surface area contributed by atoms with Crippen LogP contribution in [0.2, 0.25) is 0 Å². The number of hydrogen-bond acceptors (Lipinski definition) is 3. The zero-order chi connectivity index (χ0) is 16.8. The van der Waals surface area contributed by atoms with Crippen LogP contribution in [0.1, 0.15) is 69.8 Å². The molecule has 23 heavy (non-hydrogen) atoms. The van der Waals surface area contributed by atoms with E-state index in [4.69, 9.17) is 9.94 Å². The van der Waals surface area contributed by atoms with Crippen molar-refractivity contribution in [3.63, 3.8) is 0 Å². The summed E-state index contributed by atoms with van der Waals surface area (Å²) in [5.41, 5.74) is 3.03. The van der Waals surface area contributed by atoms with Crippen molar-refractivity contribution in [3.05, 3.63) is 29.8 Å². The van der Waals surface area contributed by atoms with E-state index < -0.39 is 0 Å². The Bertz CT molecular complexity index is 434. The second kappa shape index (κ2) is 12.9. The summed E-state index contributed by atoms with van der Waals surface area (Å²) in [7, 11) is 1.71. The standard InChI is InChI=1S/C19H31NO3/c1-23-18-14-11-13-17(16-18)12-9-7-5-3-2-4-6-8-10-15-19(21)20-22/h11,13-14,16,22H,2-10,12,15H2,1H3,(H,20,21). The highest BCUT2D eigenvalue weighted by Gasteiger charge is 1.99. The topological polar surface area (TPSA) is 58.6 Å². The van der Waals surface area contributed by atoms with Gasteiger partial charge in [0.2, 0.25) is 5.91 Å². The fourth-order valence-corrected chi connectivity index (χ4v) is 2.74. The first-order valence-corrected chi connectivity index (χ1v) is 8.82. The first-order chi connectivity index (χ1) is 11.3. The SMILES string of the molecule is COc1cccc(CCCCCCCCCCCC(=O)NO)c1. The monoisotopic (exact) mass is 321 g/mol. The molecule has 1 amide bonds. The van der Waals surface area contributed by atoms with Crippen molar-refractivity contribution in [3.8, 4) is 5.75 Å². The van der Waals surface area contributed by atoms with Crippen LogP contribution in [0, 0.1) is 0 Å². The molecule has 0 aliphatic heterocycles. The van der Waals surface area contributed by atoms with Crippen molar-refractivity contribution >= 4 is 5.91 Å². The summed E-state index contributed by atoms with van der Waals surface area (Å²) in [6.45, 7) is 0. The molecule has 2 N–H and O–H groups in total. The van der Waals surface area contributed by atoms with Crippen LogP contribution in [-0.4, -0.2) is 18.2 Å². The van der Waals surface area contributed by atoms with Gasteiger partial charge in [-0.25, -0.2) is 5.48 Å². The van der Waals surface area contributed by atoms with Crippen LogP contribution >= 0.6 is 0 Å². The van der Waals surface area contributed by atoms with E-state index in [0.29, 0.717) is 6.42 Å². The Morgan fingerprint density at radius 2 is 1.61 bits per heavy atom. The highest BCUT2D eigenvalue weighted by Crippen LogP contribution is 2.16. The molecule has 0 bridgehead atoms. The summed E-state index contributed by atoms with van der Waals surface area (Å²) in [5.74, 6) is 0.667. The van der Waals surface area contributed by atoms with Crippen LogP contribution in [0.25, 0.3) is 0 Å². The van der Waals surface area contributed by atoms with Crippen LogP contribution in [0.4, 0.5) is 0 Å². The fraction of sp³-hybridized carbons (Fsp3) is 0.632. The quantitative estimate of drug-likeness (QED) is 0.316. The number of carbonyl (C=O) groups is 1. The molecule has 0 aliphatic carbocycles. The molecule has 0 atom stereocenters. The average molecular weight is 321 g/mol. The molecule has 1 aromatic carbocycles. The summed E-state index contributed by atoms with van der Waals surface area (Å²) >= 11 is 0. The van der Waals surface area contributed by atoms with Crippen LogP contribution in [-0.2, 0) is 11.2 Å². The Morgan fingerprint density at radius 3 is 2.22 bits per heavy atom. The van der Waals surface area contributed by atoms with Crippen molar-refractivity contribution in [2.75, 3.05) is 7.11 Å². The van der Waals surface area contributed by atoms with Gasteiger partial charge >= 0.3 is 0 Å². The van der Waals surface area contributed by atoms with Crippen molar-refractivity contribution in [1.29, 1.82) is 0 Å². The number of hydroxylamine groups is 1. The maximum atomic E-state index is 10.8. The first-order valence-electron chi connectivity index (χ1n) is 8.82. The van der Waals surface area contributed by atoms with Crippen molar-refractivity contribution in [1.82, 2.24) is 5.48 Å². The molecule has 1 rings (SSSR count). The lowest BCUT2D eigenvalue weighted by molar-refractivity contribution is -0.129. The summed E-state index contributed by atoms with van der Waals surface area (Å²) in [4.78, 5) is 10.8. The molecule has 0 saturated carbocycles. The molecule has 1 aromatic rings. The first kappa shape index (κ1) is 19.5. The fourth-order valence-electron chi connectivity index (χ4n) is 2.74. The molecule has 130 valence electrons. The van der Waals surface area contributed by atoms with Crippen LogP contribution in [0.5, 0.6) is 5.75 Å². The Hall–Kier alpha value is -1.55. The van der Waals surface area contributed by atoms with Gasteiger partial charge in [-0.15, -0.1) is 0 Å². The number of rotatable bonds is 13. The van der Waals surface area contributed by atoms with Gasteiger partial charge in [0.05, 0.1) is 7.11 Å². The third-order valence-electron chi connectivity index (χ3n) is 4.13. The zero-order valence-electron chi connectivity index (χ0n) is 14.4. The highest BCUT2D eigenvalue weighted by atomic mass is 16.5. The van der Waals surface area contributed by atoms with E-state index in [1.807, 2.05) is 6.07 Å². The Labute approximate surface area is 140 Å².